The Bertz CT molecular complexity index is 577. The van der Waals surface area contributed by atoms with Crippen molar-refractivity contribution in [1.82, 2.24) is 15.1 Å². The molecule has 3 rings (SSSR count). The normalized spacial score (nSPS) is 17.6. The lowest BCUT2D eigenvalue weighted by Crippen LogP contribution is -2.47. The smallest absolute Gasteiger partial charge is 0.0688 e. The molecule has 1 unspecified atom stereocenters. The summed E-state index contributed by atoms with van der Waals surface area (Å²) in [4.78, 5) is 0. The van der Waals surface area contributed by atoms with Crippen LogP contribution in [0.15, 0.2) is 42.7 Å². The highest BCUT2D eigenvalue weighted by atomic mass is 16.3. The number of nitrogens with one attached hydrogen (secondary N) is 1. The van der Waals surface area contributed by atoms with Gasteiger partial charge in [-0.3, -0.25) is 4.68 Å². The Balaban J connectivity index is 1.80. The molecule has 1 heterocycles. The van der Waals surface area contributed by atoms with E-state index in [1.807, 2.05) is 42.2 Å². The van der Waals surface area contributed by atoms with Crippen LogP contribution in [0.1, 0.15) is 30.4 Å². The van der Waals surface area contributed by atoms with Crippen molar-refractivity contribution in [2.24, 2.45) is 0 Å². The third-order valence-electron chi connectivity index (χ3n) is 4.18. The van der Waals surface area contributed by atoms with Gasteiger partial charge in [-0.2, -0.15) is 5.10 Å². The molecule has 1 saturated carbocycles. The highest BCUT2D eigenvalue weighted by Gasteiger charge is 2.37. The van der Waals surface area contributed by atoms with E-state index in [-0.39, 0.29) is 12.1 Å². The van der Waals surface area contributed by atoms with Gasteiger partial charge in [0, 0.05) is 18.8 Å². The molecule has 0 radical (unpaired) electrons. The minimum absolute atomic E-state index is 0.105. The third-order valence-corrected chi connectivity index (χ3v) is 4.18. The van der Waals surface area contributed by atoms with E-state index >= 15 is 0 Å². The zero-order valence-corrected chi connectivity index (χ0v) is 12.5. The van der Waals surface area contributed by atoms with Crippen LogP contribution in [0.5, 0.6) is 0 Å². The number of benzene rings is 1. The van der Waals surface area contributed by atoms with E-state index in [0.29, 0.717) is 6.04 Å². The SMILES string of the molecule is Cc1cnn(CCC(CO)(NC2CC2)c2ccccc2)c1. The van der Waals surface area contributed by atoms with E-state index in [4.69, 9.17) is 0 Å². The molecule has 1 aliphatic rings. The molecule has 2 N–H and O–H groups in total. The van der Waals surface area contributed by atoms with Crippen LogP contribution in [0.25, 0.3) is 0 Å². The van der Waals surface area contributed by atoms with Crippen LogP contribution < -0.4 is 5.32 Å². The van der Waals surface area contributed by atoms with Gasteiger partial charge in [0.05, 0.1) is 18.3 Å². The van der Waals surface area contributed by atoms with E-state index in [0.717, 1.165) is 18.5 Å². The van der Waals surface area contributed by atoms with Gasteiger partial charge in [-0.25, -0.2) is 0 Å². The fourth-order valence-corrected chi connectivity index (χ4v) is 2.79. The summed E-state index contributed by atoms with van der Waals surface area (Å²) < 4.78 is 1.96. The van der Waals surface area contributed by atoms with Gasteiger partial charge in [-0.15, -0.1) is 0 Å². The first-order valence-corrected chi connectivity index (χ1v) is 7.65. The summed E-state index contributed by atoms with van der Waals surface area (Å²) in [5.41, 5.74) is 1.95. The van der Waals surface area contributed by atoms with E-state index in [1.54, 1.807) is 0 Å². The Morgan fingerprint density at radius 2 is 2.10 bits per heavy atom. The van der Waals surface area contributed by atoms with Crippen LogP contribution in [0, 0.1) is 6.92 Å². The first kappa shape index (κ1) is 14.3. The molecule has 0 bridgehead atoms. The third kappa shape index (κ3) is 3.34. The number of aromatic nitrogens is 2. The van der Waals surface area contributed by atoms with Gasteiger partial charge in [-0.05, 0) is 37.3 Å². The van der Waals surface area contributed by atoms with Crippen LogP contribution >= 0.6 is 0 Å². The van der Waals surface area contributed by atoms with Crippen molar-refractivity contribution in [3.8, 4) is 0 Å². The minimum Gasteiger partial charge on any atom is -0.394 e. The van der Waals surface area contributed by atoms with E-state index < -0.39 is 0 Å². The second kappa shape index (κ2) is 6.00. The number of rotatable bonds is 7. The number of aliphatic hydroxyl groups is 1. The van der Waals surface area contributed by atoms with E-state index in [2.05, 4.69) is 22.5 Å². The van der Waals surface area contributed by atoms with E-state index in [9.17, 15) is 5.11 Å². The molecule has 0 amide bonds. The summed E-state index contributed by atoms with van der Waals surface area (Å²) in [5.74, 6) is 0. The molecule has 21 heavy (non-hydrogen) atoms. The molecule has 0 spiro atoms. The summed E-state index contributed by atoms with van der Waals surface area (Å²) in [5, 5.41) is 18.1. The molecule has 0 saturated heterocycles. The van der Waals surface area contributed by atoms with Crippen molar-refractivity contribution in [3.63, 3.8) is 0 Å². The van der Waals surface area contributed by atoms with Crippen molar-refractivity contribution in [3.05, 3.63) is 53.9 Å². The van der Waals surface area contributed by atoms with Crippen molar-refractivity contribution >= 4 is 0 Å². The Morgan fingerprint density at radius 3 is 2.67 bits per heavy atom. The fourth-order valence-electron chi connectivity index (χ4n) is 2.79. The zero-order valence-electron chi connectivity index (χ0n) is 12.5. The predicted molar refractivity (Wildman–Crippen MR) is 82.9 cm³/mol. The summed E-state index contributed by atoms with van der Waals surface area (Å²) in [7, 11) is 0. The molecule has 2 aromatic rings. The molecule has 0 aliphatic heterocycles. The van der Waals surface area contributed by atoms with Crippen molar-refractivity contribution in [2.75, 3.05) is 6.61 Å². The van der Waals surface area contributed by atoms with Crippen molar-refractivity contribution in [2.45, 2.75) is 44.3 Å². The van der Waals surface area contributed by atoms with Gasteiger partial charge in [0.25, 0.3) is 0 Å². The Hall–Kier alpha value is -1.65. The largest absolute Gasteiger partial charge is 0.394 e. The molecule has 1 aromatic carbocycles. The Kier molecular flexibility index (Phi) is 4.08. The maximum absolute atomic E-state index is 10.1. The zero-order chi connectivity index (χ0) is 14.7. The fraction of sp³-hybridized carbons (Fsp3) is 0.471. The molecule has 112 valence electrons. The molecule has 1 aliphatic carbocycles. The lowest BCUT2D eigenvalue weighted by atomic mass is 9.87. The van der Waals surface area contributed by atoms with Gasteiger partial charge >= 0.3 is 0 Å². The highest BCUT2D eigenvalue weighted by Crippen LogP contribution is 2.31. The van der Waals surface area contributed by atoms with E-state index in [1.165, 1.54) is 18.4 Å². The van der Waals surface area contributed by atoms with Crippen LogP contribution in [0.4, 0.5) is 0 Å². The Morgan fingerprint density at radius 1 is 1.33 bits per heavy atom. The molecule has 4 nitrogen and oxygen atoms in total. The summed E-state index contributed by atoms with van der Waals surface area (Å²) in [6, 6.07) is 10.8. The lowest BCUT2D eigenvalue weighted by Gasteiger charge is -2.34. The van der Waals surface area contributed by atoms with Gasteiger partial charge in [0.2, 0.25) is 0 Å². The molecule has 4 heteroatoms. The first-order chi connectivity index (χ1) is 10.2. The monoisotopic (exact) mass is 285 g/mol. The van der Waals surface area contributed by atoms with Gasteiger partial charge in [-0.1, -0.05) is 30.3 Å². The number of aliphatic hydroxyl groups excluding tert-OH is 1. The summed E-state index contributed by atoms with van der Waals surface area (Å²) in [6.45, 7) is 2.94. The second-order valence-electron chi connectivity index (χ2n) is 6.06. The van der Waals surface area contributed by atoms with Crippen LogP contribution in [-0.4, -0.2) is 27.5 Å². The maximum atomic E-state index is 10.1. The molecule has 1 atom stereocenters. The summed E-state index contributed by atoms with van der Waals surface area (Å²) >= 11 is 0. The average Bonchev–Trinajstić information content (AvgIpc) is 3.24. The summed E-state index contributed by atoms with van der Waals surface area (Å²) in [6.07, 6.45) is 7.15. The highest BCUT2D eigenvalue weighted by molar-refractivity contribution is 5.25. The average molecular weight is 285 g/mol. The van der Waals surface area contributed by atoms with Crippen molar-refractivity contribution in [1.29, 1.82) is 0 Å². The molecular weight excluding hydrogens is 262 g/mol. The van der Waals surface area contributed by atoms with Crippen LogP contribution in [0.3, 0.4) is 0 Å². The lowest BCUT2D eigenvalue weighted by molar-refractivity contribution is 0.142. The maximum Gasteiger partial charge on any atom is 0.0688 e. The second-order valence-corrected chi connectivity index (χ2v) is 6.06. The topological polar surface area (TPSA) is 50.1 Å². The number of hydrogen-bond donors (Lipinski definition) is 2. The molecule has 1 aromatic heterocycles. The Labute approximate surface area is 125 Å². The van der Waals surface area contributed by atoms with Gasteiger partial charge < -0.3 is 10.4 Å². The molecular formula is C17H23N3O. The van der Waals surface area contributed by atoms with Crippen LogP contribution in [0.2, 0.25) is 0 Å². The van der Waals surface area contributed by atoms with Gasteiger partial charge in [0.1, 0.15) is 0 Å². The number of hydrogen-bond acceptors (Lipinski definition) is 3. The standard InChI is InChI=1S/C17H23N3O/c1-14-11-18-20(12-14)10-9-17(13-21,19-16-7-8-16)15-5-3-2-4-6-15/h2-6,11-12,16,19,21H,7-10,13H2,1H3. The van der Waals surface area contributed by atoms with Crippen molar-refractivity contribution < 1.29 is 5.11 Å². The number of aryl methyl sites for hydroxylation is 2. The number of nitrogens with zero attached hydrogens (tertiary/aromatic N) is 2. The minimum atomic E-state index is -0.373. The molecule has 1 fully saturated rings. The van der Waals surface area contributed by atoms with Gasteiger partial charge in [0.15, 0.2) is 0 Å². The predicted octanol–water partition coefficient (Wildman–Crippen LogP) is 2.22. The quantitative estimate of drug-likeness (QED) is 0.820. The first-order valence-electron chi connectivity index (χ1n) is 7.65. The van der Waals surface area contributed by atoms with Crippen LogP contribution in [-0.2, 0) is 12.1 Å².